The fourth-order valence-corrected chi connectivity index (χ4v) is 2.25. The molecule has 1 aromatic carbocycles. The van der Waals surface area contributed by atoms with Gasteiger partial charge in [-0.25, -0.2) is 4.98 Å². The summed E-state index contributed by atoms with van der Waals surface area (Å²) < 4.78 is 0.664. The van der Waals surface area contributed by atoms with Gasteiger partial charge in [-0.2, -0.15) is 0 Å². The van der Waals surface area contributed by atoms with E-state index in [2.05, 4.69) is 26.2 Å². The molecule has 0 saturated carbocycles. The van der Waals surface area contributed by atoms with E-state index in [0.29, 0.717) is 21.4 Å². The number of benzene rings is 1. The SMILES string of the molecule is Cc1ccnc(Cl)c1NC(=O)c1cc(N)ccc1Br. The monoisotopic (exact) mass is 339 g/mol. The van der Waals surface area contributed by atoms with Gasteiger partial charge in [0.2, 0.25) is 0 Å². The number of carbonyl (C=O) groups excluding carboxylic acids is 1. The molecule has 98 valence electrons. The van der Waals surface area contributed by atoms with Crippen LogP contribution >= 0.6 is 27.5 Å². The van der Waals surface area contributed by atoms with Gasteiger partial charge < -0.3 is 11.1 Å². The van der Waals surface area contributed by atoms with Crippen molar-refractivity contribution >= 4 is 44.8 Å². The largest absolute Gasteiger partial charge is 0.399 e. The van der Waals surface area contributed by atoms with Crippen molar-refractivity contribution in [3.8, 4) is 0 Å². The van der Waals surface area contributed by atoms with Gasteiger partial charge in [0.05, 0.1) is 11.3 Å². The lowest BCUT2D eigenvalue weighted by atomic mass is 10.1. The smallest absolute Gasteiger partial charge is 0.256 e. The highest BCUT2D eigenvalue weighted by Gasteiger charge is 2.14. The third-order valence-corrected chi connectivity index (χ3v) is 3.56. The number of aromatic nitrogens is 1. The van der Waals surface area contributed by atoms with Gasteiger partial charge in [0.25, 0.3) is 5.91 Å². The first kappa shape index (κ1) is 13.8. The van der Waals surface area contributed by atoms with Crippen LogP contribution in [-0.2, 0) is 0 Å². The van der Waals surface area contributed by atoms with Crippen LogP contribution in [0.15, 0.2) is 34.9 Å². The van der Waals surface area contributed by atoms with Gasteiger partial charge in [-0.05, 0) is 52.7 Å². The Morgan fingerprint density at radius 3 is 2.84 bits per heavy atom. The molecule has 0 atom stereocenters. The fraction of sp³-hybridized carbons (Fsp3) is 0.0769. The molecule has 1 heterocycles. The molecule has 0 bridgehead atoms. The lowest BCUT2D eigenvalue weighted by Gasteiger charge is -2.10. The van der Waals surface area contributed by atoms with Crippen molar-refractivity contribution in [3.63, 3.8) is 0 Å². The average Bonchev–Trinajstić information content (AvgIpc) is 2.37. The molecule has 4 nitrogen and oxygen atoms in total. The minimum atomic E-state index is -0.294. The van der Waals surface area contributed by atoms with Crippen molar-refractivity contribution in [2.24, 2.45) is 0 Å². The summed E-state index contributed by atoms with van der Waals surface area (Å²) in [5.74, 6) is -0.294. The Morgan fingerprint density at radius 1 is 1.42 bits per heavy atom. The number of anilines is 2. The topological polar surface area (TPSA) is 68.0 Å². The number of aryl methyl sites for hydroxylation is 1. The predicted molar refractivity (Wildman–Crippen MR) is 80.5 cm³/mol. The molecule has 19 heavy (non-hydrogen) atoms. The number of nitrogens with one attached hydrogen (secondary N) is 1. The van der Waals surface area contributed by atoms with E-state index in [1.54, 1.807) is 30.5 Å². The highest BCUT2D eigenvalue weighted by Crippen LogP contribution is 2.25. The standard InChI is InChI=1S/C13H11BrClN3O/c1-7-4-5-17-12(15)11(7)18-13(19)9-6-8(16)2-3-10(9)14/h2-6H,16H2,1H3,(H,18,19). The van der Waals surface area contributed by atoms with Crippen molar-refractivity contribution in [1.29, 1.82) is 0 Å². The van der Waals surface area contributed by atoms with E-state index in [-0.39, 0.29) is 11.1 Å². The highest BCUT2D eigenvalue weighted by atomic mass is 79.9. The van der Waals surface area contributed by atoms with Gasteiger partial charge in [0, 0.05) is 16.4 Å². The zero-order chi connectivity index (χ0) is 14.0. The molecule has 0 fully saturated rings. The maximum absolute atomic E-state index is 12.2. The van der Waals surface area contributed by atoms with Crippen molar-refractivity contribution < 1.29 is 4.79 Å². The highest BCUT2D eigenvalue weighted by molar-refractivity contribution is 9.10. The van der Waals surface area contributed by atoms with Gasteiger partial charge in [0.15, 0.2) is 5.15 Å². The third-order valence-electron chi connectivity index (χ3n) is 2.59. The normalized spacial score (nSPS) is 10.3. The summed E-state index contributed by atoms with van der Waals surface area (Å²) in [4.78, 5) is 16.1. The first-order valence-electron chi connectivity index (χ1n) is 5.46. The van der Waals surface area contributed by atoms with Crippen molar-refractivity contribution in [2.75, 3.05) is 11.1 Å². The molecule has 0 aliphatic rings. The molecule has 0 saturated heterocycles. The molecule has 0 spiro atoms. The summed E-state index contributed by atoms with van der Waals surface area (Å²) in [5, 5.41) is 3.00. The van der Waals surface area contributed by atoms with Crippen LogP contribution in [0.4, 0.5) is 11.4 Å². The number of hydrogen-bond acceptors (Lipinski definition) is 3. The first-order chi connectivity index (χ1) is 8.99. The third kappa shape index (κ3) is 3.05. The average molecular weight is 341 g/mol. The molecule has 0 radical (unpaired) electrons. The van der Waals surface area contributed by atoms with E-state index in [9.17, 15) is 4.79 Å². The second-order valence-electron chi connectivity index (χ2n) is 3.99. The van der Waals surface area contributed by atoms with Crippen LogP contribution in [0.3, 0.4) is 0 Å². The Hall–Kier alpha value is -1.59. The van der Waals surface area contributed by atoms with Crippen LogP contribution in [0.5, 0.6) is 0 Å². The number of nitrogens with two attached hydrogens (primary N) is 1. The maximum atomic E-state index is 12.2. The molecule has 0 aliphatic heterocycles. The van der Waals surface area contributed by atoms with Gasteiger partial charge in [0.1, 0.15) is 0 Å². The Bertz CT molecular complexity index is 626. The number of halogens is 2. The Kier molecular flexibility index (Phi) is 4.07. The van der Waals surface area contributed by atoms with Crippen LogP contribution in [0.25, 0.3) is 0 Å². The van der Waals surface area contributed by atoms with Crippen LogP contribution in [0.2, 0.25) is 5.15 Å². The molecular weight excluding hydrogens is 330 g/mol. The predicted octanol–water partition coefficient (Wildman–Crippen LogP) is 3.64. The van der Waals surface area contributed by atoms with Crippen LogP contribution in [0.1, 0.15) is 15.9 Å². The number of nitrogens with zero attached hydrogens (tertiary/aromatic N) is 1. The maximum Gasteiger partial charge on any atom is 0.256 e. The molecule has 2 rings (SSSR count). The lowest BCUT2D eigenvalue weighted by molar-refractivity contribution is 0.102. The zero-order valence-corrected chi connectivity index (χ0v) is 12.4. The molecule has 1 amide bonds. The molecule has 1 aromatic heterocycles. The van der Waals surface area contributed by atoms with E-state index in [4.69, 9.17) is 17.3 Å². The van der Waals surface area contributed by atoms with Crippen LogP contribution in [0, 0.1) is 6.92 Å². The minimum absolute atomic E-state index is 0.258. The van der Waals surface area contributed by atoms with E-state index in [0.717, 1.165) is 5.56 Å². The molecule has 0 unspecified atom stereocenters. The number of nitrogen functional groups attached to an aromatic ring is 1. The zero-order valence-electron chi connectivity index (χ0n) is 10.1. The van der Waals surface area contributed by atoms with E-state index >= 15 is 0 Å². The quantitative estimate of drug-likeness (QED) is 0.648. The summed E-state index contributed by atoms with van der Waals surface area (Å²) in [6, 6.07) is 6.81. The van der Waals surface area contributed by atoms with E-state index in [1.165, 1.54) is 0 Å². The molecular formula is C13H11BrClN3O. The number of rotatable bonds is 2. The van der Waals surface area contributed by atoms with Crippen molar-refractivity contribution in [2.45, 2.75) is 6.92 Å². The van der Waals surface area contributed by atoms with Gasteiger partial charge >= 0.3 is 0 Å². The summed E-state index contributed by atoms with van der Waals surface area (Å²) in [6.45, 7) is 1.84. The molecule has 6 heteroatoms. The second kappa shape index (κ2) is 5.59. The Labute approximate surface area is 124 Å². The number of amides is 1. The lowest BCUT2D eigenvalue weighted by Crippen LogP contribution is -2.14. The summed E-state index contributed by atoms with van der Waals surface area (Å²) in [7, 11) is 0. The van der Waals surface area contributed by atoms with Crippen LogP contribution in [-0.4, -0.2) is 10.9 Å². The summed E-state index contributed by atoms with van der Waals surface area (Å²) >= 11 is 9.29. The van der Waals surface area contributed by atoms with Crippen molar-refractivity contribution in [3.05, 3.63) is 51.2 Å². The van der Waals surface area contributed by atoms with E-state index in [1.807, 2.05) is 6.92 Å². The minimum Gasteiger partial charge on any atom is -0.399 e. The van der Waals surface area contributed by atoms with Gasteiger partial charge in [-0.1, -0.05) is 11.6 Å². The second-order valence-corrected chi connectivity index (χ2v) is 5.20. The van der Waals surface area contributed by atoms with Crippen molar-refractivity contribution in [1.82, 2.24) is 4.98 Å². The molecule has 0 aliphatic carbocycles. The Balaban J connectivity index is 2.34. The summed E-state index contributed by atoms with van der Waals surface area (Å²) in [6.07, 6.45) is 1.59. The molecule has 2 aromatic rings. The number of carbonyl (C=O) groups is 1. The first-order valence-corrected chi connectivity index (χ1v) is 6.63. The fourth-order valence-electron chi connectivity index (χ4n) is 1.57. The number of pyridine rings is 1. The van der Waals surface area contributed by atoms with Gasteiger partial charge in [-0.15, -0.1) is 0 Å². The molecule has 3 N–H and O–H groups in total. The van der Waals surface area contributed by atoms with Crippen LogP contribution < -0.4 is 11.1 Å². The summed E-state index contributed by atoms with van der Waals surface area (Å²) in [5.41, 5.74) is 7.98. The Morgan fingerprint density at radius 2 is 2.16 bits per heavy atom. The van der Waals surface area contributed by atoms with E-state index < -0.39 is 0 Å². The van der Waals surface area contributed by atoms with Gasteiger partial charge in [-0.3, -0.25) is 4.79 Å². The number of hydrogen-bond donors (Lipinski definition) is 2.